The summed E-state index contributed by atoms with van der Waals surface area (Å²) in [7, 11) is 0. The second-order valence-corrected chi connectivity index (χ2v) is 4.00. The Morgan fingerprint density at radius 1 is 1.69 bits per heavy atom. The molecule has 1 rings (SSSR count). The van der Waals surface area contributed by atoms with Crippen molar-refractivity contribution in [3.8, 4) is 0 Å². The van der Waals surface area contributed by atoms with Crippen molar-refractivity contribution in [3.63, 3.8) is 0 Å². The maximum atomic E-state index is 10.4. The van der Waals surface area contributed by atoms with Crippen LogP contribution in [0.4, 0.5) is 0 Å². The third-order valence-corrected chi connectivity index (χ3v) is 2.23. The first-order valence-electron chi connectivity index (χ1n) is 4.00. The van der Waals surface area contributed by atoms with Crippen molar-refractivity contribution < 1.29 is 14.3 Å². The number of rotatable bonds is 3. The molecule has 0 aliphatic rings. The van der Waals surface area contributed by atoms with Gasteiger partial charge >= 0.3 is 5.97 Å². The number of aliphatic carboxylic acids is 1. The summed E-state index contributed by atoms with van der Waals surface area (Å²) in [5, 5.41) is 8.53. The molecule has 0 aliphatic heterocycles. The van der Waals surface area contributed by atoms with Gasteiger partial charge in [-0.25, -0.2) is 0 Å². The van der Waals surface area contributed by atoms with Gasteiger partial charge in [-0.1, -0.05) is 13.8 Å². The minimum atomic E-state index is -0.878. The van der Waals surface area contributed by atoms with Crippen molar-refractivity contribution in [2.45, 2.75) is 26.2 Å². The SMILES string of the molecule is CC(C)c1oc(CC(=O)O)cc1Br. The topological polar surface area (TPSA) is 50.4 Å². The summed E-state index contributed by atoms with van der Waals surface area (Å²) in [6.45, 7) is 3.99. The first kappa shape index (κ1) is 10.3. The summed E-state index contributed by atoms with van der Waals surface area (Å²) in [5.74, 6) is 0.674. The zero-order valence-corrected chi connectivity index (χ0v) is 9.09. The molecule has 3 nitrogen and oxygen atoms in total. The summed E-state index contributed by atoms with van der Waals surface area (Å²) in [6.07, 6.45) is -0.0642. The number of furan rings is 1. The molecule has 0 atom stereocenters. The highest BCUT2D eigenvalue weighted by Crippen LogP contribution is 2.28. The summed E-state index contributed by atoms with van der Waals surface area (Å²) >= 11 is 3.32. The fraction of sp³-hybridized carbons (Fsp3) is 0.444. The van der Waals surface area contributed by atoms with Gasteiger partial charge in [0.2, 0.25) is 0 Å². The molecule has 1 N–H and O–H groups in total. The van der Waals surface area contributed by atoms with Crippen LogP contribution in [0, 0.1) is 0 Å². The van der Waals surface area contributed by atoms with Crippen molar-refractivity contribution >= 4 is 21.9 Å². The largest absolute Gasteiger partial charge is 0.481 e. The van der Waals surface area contributed by atoms with E-state index in [-0.39, 0.29) is 12.3 Å². The normalized spacial score (nSPS) is 10.8. The first-order chi connectivity index (χ1) is 6.00. The molecule has 0 spiro atoms. The smallest absolute Gasteiger partial charge is 0.311 e. The van der Waals surface area contributed by atoms with Crippen LogP contribution in [-0.4, -0.2) is 11.1 Å². The predicted octanol–water partition coefficient (Wildman–Crippen LogP) is 2.79. The molecule has 0 bridgehead atoms. The van der Waals surface area contributed by atoms with E-state index in [1.807, 2.05) is 13.8 Å². The quantitative estimate of drug-likeness (QED) is 0.893. The summed E-state index contributed by atoms with van der Waals surface area (Å²) in [6, 6.07) is 1.71. The minimum absolute atomic E-state index is 0.0642. The van der Waals surface area contributed by atoms with Crippen LogP contribution in [-0.2, 0) is 11.2 Å². The Morgan fingerprint density at radius 3 is 2.69 bits per heavy atom. The van der Waals surface area contributed by atoms with Crippen LogP contribution in [0.5, 0.6) is 0 Å². The number of carboxylic acids is 1. The van der Waals surface area contributed by atoms with Crippen LogP contribution in [0.2, 0.25) is 0 Å². The lowest BCUT2D eigenvalue weighted by Crippen LogP contribution is -1.98. The lowest BCUT2D eigenvalue weighted by molar-refractivity contribution is -0.136. The molecular weight excluding hydrogens is 236 g/mol. The van der Waals surface area contributed by atoms with Gasteiger partial charge in [0.15, 0.2) is 0 Å². The van der Waals surface area contributed by atoms with Crippen molar-refractivity contribution in [1.29, 1.82) is 0 Å². The number of hydrogen-bond donors (Lipinski definition) is 1. The van der Waals surface area contributed by atoms with Gasteiger partial charge in [-0.3, -0.25) is 4.79 Å². The van der Waals surface area contributed by atoms with Gasteiger partial charge in [0.25, 0.3) is 0 Å². The van der Waals surface area contributed by atoms with Gasteiger partial charge in [-0.15, -0.1) is 0 Å². The van der Waals surface area contributed by atoms with Gasteiger partial charge in [-0.2, -0.15) is 0 Å². The minimum Gasteiger partial charge on any atom is -0.481 e. The molecule has 1 aromatic heterocycles. The third-order valence-electron chi connectivity index (χ3n) is 1.61. The van der Waals surface area contributed by atoms with E-state index in [0.29, 0.717) is 5.76 Å². The molecule has 0 unspecified atom stereocenters. The van der Waals surface area contributed by atoms with E-state index in [0.717, 1.165) is 10.2 Å². The third kappa shape index (κ3) is 2.59. The molecule has 13 heavy (non-hydrogen) atoms. The second kappa shape index (κ2) is 3.96. The molecular formula is C9H11BrO3. The standard InChI is InChI=1S/C9H11BrO3/c1-5(2)9-7(10)3-6(13-9)4-8(11)12/h3,5H,4H2,1-2H3,(H,11,12). The average molecular weight is 247 g/mol. The Bertz CT molecular complexity index is 315. The second-order valence-electron chi connectivity index (χ2n) is 3.15. The highest BCUT2D eigenvalue weighted by Gasteiger charge is 2.13. The fourth-order valence-electron chi connectivity index (χ4n) is 1.06. The maximum Gasteiger partial charge on any atom is 0.311 e. The van der Waals surface area contributed by atoms with Gasteiger partial charge in [-0.05, 0) is 22.0 Å². The van der Waals surface area contributed by atoms with E-state index >= 15 is 0 Å². The first-order valence-corrected chi connectivity index (χ1v) is 4.80. The Morgan fingerprint density at radius 2 is 2.31 bits per heavy atom. The Kier molecular flexibility index (Phi) is 3.14. The molecule has 0 saturated heterocycles. The molecule has 1 aromatic rings. The maximum absolute atomic E-state index is 10.4. The molecule has 0 aromatic carbocycles. The molecule has 0 saturated carbocycles. The summed E-state index contributed by atoms with van der Waals surface area (Å²) in [4.78, 5) is 10.4. The zero-order chi connectivity index (χ0) is 10.0. The summed E-state index contributed by atoms with van der Waals surface area (Å²) < 4.78 is 6.21. The lowest BCUT2D eigenvalue weighted by atomic mass is 10.2. The Hall–Kier alpha value is -0.770. The van der Waals surface area contributed by atoms with E-state index in [1.165, 1.54) is 0 Å². The molecule has 1 heterocycles. The van der Waals surface area contributed by atoms with Crippen molar-refractivity contribution in [1.82, 2.24) is 0 Å². The Balaban J connectivity index is 2.88. The van der Waals surface area contributed by atoms with Gasteiger partial charge in [0.1, 0.15) is 17.9 Å². The molecule has 0 aliphatic carbocycles. The fourth-order valence-corrected chi connectivity index (χ4v) is 1.86. The van der Waals surface area contributed by atoms with E-state index in [4.69, 9.17) is 9.52 Å². The lowest BCUT2D eigenvalue weighted by Gasteiger charge is -1.99. The van der Waals surface area contributed by atoms with Crippen LogP contribution < -0.4 is 0 Å². The van der Waals surface area contributed by atoms with Crippen molar-refractivity contribution in [2.24, 2.45) is 0 Å². The monoisotopic (exact) mass is 246 g/mol. The van der Waals surface area contributed by atoms with Crippen molar-refractivity contribution in [2.75, 3.05) is 0 Å². The number of carboxylic acid groups (broad SMARTS) is 1. The van der Waals surface area contributed by atoms with Gasteiger partial charge in [0.05, 0.1) is 4.47 Å². The summed E-state index contributed by atoms with van der Waals surface area (Å²) in [5.41, 5.74) is 0. The van der Waals surface area contributed by atoms with Crippen LogP contribution in [0.25, 0.3) is 0 Å². The highest BCUT2D eigenvalue weighted by molar-refractivity contribution is 9.10. The molecule has 0 radical (unpaired) electrons. The van der Waals surface area contributed by atoms with E-state index in [2.05, 4.69) is 15.9 Å². The van der Waals surface area contributed by atoms with Crippen LogP contribution in [0.15, 0.2) is 15.0 Å². The van der Waals surface area contributed by atoms with Crippen LogP contribution in [0.1, 0.15) is 31.3 Å². The zero-order valence-electron chi connectivity index (χ0n) is 7.50. The molecule has 72 valence electrons. The average Bonchev–Trinajstić information content (AvgIpc) is 2.29. The van der Waals surface area contributed by atoms with Gasteiger partial charge in [0, 0.05) is 5.92 Å². The van der Waals surface area contributed by atoms with Crippen LogP contribution in [0.3, 0.4) is 0 Å². The molecule has 0 amide bonds. The molecule has 4 heteroatoms. The number of halogens is 1. The molecule has 0 fully saturated rings. The highest BCUT2D eigenvalue weighted by atomic mass is 79.9. The number of carbonyl (C=O) groups is 1. The Labute approximate surface area is 84.9 Å². The van der Waals surface area contributed by atoms with Crippen molar-refractivity contribution in [3.05, 3.63) is 22.1 Å². The van der Waals surface area contributed by atoms with E-state index < -0.39 is 5.97 Å². The number of hydrogen-bond acceptors (Lipinski definition) is 2. The van der Waals surface area contributed by atoms with Crippen LogP contribution >= 0.6 is 15.9 Å². The predicted molar refractivity (Wildman–Crippen MR) is 51.8 cm³/mol. The van der Waals surface area contributed by atoms with E-state index in [9.17, 15) is 4.79 Å². The van der Waals surface area contributed by atoms with E-state index in [1.54, 1.807) is 6.07 Å². The van der Waals surface area contributed by atoms with Gasteiger partial charge < -0.3 is 9.52 Å².